The number of nitrogens with two attached hydrogens (primary N) is 1. The van der Waals surface area contributed by atoms with Crippen molar-refractivity contribution in [2.45, 2.75) is 57.5 Å². The smallest absolute Gasteiger partial charge is 0.223 e. The van der Waals surface area contributed by atoms with Gasteiger partial charge in [0.2, 0.25) is 5.91 Å². The van der Waals surface area contributed by atoms with E-state index in [9.17, 15) is 4.79 Å². The summed E-state index contributed by atoms with van der Waals surface area (Å²) in [4.78, 5) is 12.1. The molecule has 4 heteroatoms. The Morgan fingerprint density at radius 2 is 2.11 bits per heavy atom. The Kier molecular flexibility index (Phi) is 6.11. The minimum atomic E-state index is 0.189. The monoisotopic (exact) mass is 268 g/mol. The molecule has 1 amide bonds. The van der Waals surface area contributed by atoms with Gasteiger partial charge in [0.05, 0.1) is 6.10 Å². The predicted molar refractivity (Wildman–Crippen MR) is 75.7 cm³/mol. The molecule has 0 bridgehead atoms. The number of rotatable bonds is 5. The van der Waals surface area contributed by atoms with Crippen molar-refractivity contribution in [1.29, 1.82) is 0 Å². The molecule has 0 radical (unpaired) electrons. The quantitative estimate of drug-likeness (QED) is 0.799. The first-order chi connectivity index (χ1) is 9.29. The number of carbonyl (C=O) groups excluding carboxylic acids is 1. The summed E-state index contributed by atoms with van der Waals surface area (Å²) in [7, 11) is 0. The number of hydrogen-bond acceptors (Lipinski definition) is 3. The van der Waals surface area contributed by atoms with Gasteiger partial charge in [-0.3, -0.25) is 4.79 Å². The maximum atomic E-state index is 12.1. The van der Waals surface area contributed by atoms with Crippen molar-refractivity contribution >= 4 is 5.91 Å². The second-order valence-electron chi connectivity index (χ2n) is 6.03. The molecule has 3 atom stereocenters. The first kappa shape index (κ1) is 14.8. The van der Waals surface area contributed by atoms with Crippen molar-refractivity contribution in [3.05, 3.63) is 0 Å². The molecule has 4 nitrogen and oxygen atoms in total. The lowest BCUT2D eigenvalue weighted by molar-refractivity contribution is -0.126. The molecule has 2 aliphatic rings. The van der Waals surface area contributed by atoms with Gasteiger partial charge < -0.3 is 15.8 Å². The van der Waals surface area contributed by atoms with Crippen molar-refractivity contribution in [3.63, 3.8) is 0 Å². The Balaban J connectivity index is 1.63. The third-order valence-corrected chi connectivity index (χ3v) is 4.53. The largest absolute Gasteiger partial charge is 0.378 e. The predicted octanol–water partition coefficient (Wildman–Crippen LogP) is 1.83. The molecular weight excluding hydrogens is 240 g/mol. The molecule has 3 N–H and O–H groups in total. The SMILES string of the molecule is NCC1CCCC(C(=O)NCCC2CCCCO2)C1. The number of ether oxygens (including phenoxy) is 1. The highest BCUT2D eigenvalue weighted by Crippen LogP contribution is 2.28. The molecule has 1 saturated carbocycles. The average Bonchev–Trinajstić information content (AvgIpc) is 2.48. The van der Waals surface area contributed by atoms with Crippen LogP contribution in [0.15, 0.2) is 0 Å². The minimum Gasteiger partial charge on any atom is -0.378 e. The van der Waals surface area contributed by atoms with E-state index in [0.717, 1.165) is 51.8 Å². The van der Waals surface area contributed by atoms with E-state index in [0.29, 0.717) is 12.0 Å². The minimum absolute atomic E-state index is 0.189. The molecule has 3 unspecified atom stereocenters. The van der Waals surface area contributed by atoms with Gasteiger partial charge in [0.15, 0.2) is 0 Å². The van der Waals surface area contributed by atoms with Crippen LogP contribution in [0.3, 0.4) is 0 Å². The Morgan fingerprint density at radius 1 is 1.21 bits per heavy atom. The summed E-state index contributed by atoms with van der Waals surface area (Å²) in [5.41, 5.74) is 5.72. The molecule has 1 saturated heterocycles. The van der Waals surface area contributed by atoms with E-state index in [1.807, 2.05) is 0 Å². The standard InChI is InChI=1S/C15H28N2O2/c16-11-12-4-3-5-13(10-12)15(18)17-8-7-14-6-1-2-9-19-14/h12-14H,1-11,16H2,(H,17,18). The summed E-state index contributed by atoms with van der Waals surface area (Å²) < 4.78 is 5.67. The van der Waals surface area contributed by atoms with Crippen LogP contribution in [0.25, 0.3) is 0 Å². The molecule has 0 aromatic carbocycles. The van der Waals surface area contributed by atoms with E-state index in [-0.39, 0.29) is 11.8 Å². The zero-order valence-electron chi connectivity index (χ0n) is 11.9. The van der Waals surface area contributed by atoms with Gasteiger partial charge in [-0.2, -0.15) is 0 Å². The van der Waals surface area contributed by atoms with E-state index in [2.05, 4.69) is 5.32 Å². The summed E-state index contributed by atoms with van der Waals surface area (Å²) in [6, 6.07) is 0. The summed E-state index contributed by atoms with van der Waals surface area (Å²) in [5, 5.41) is 3.08. The van der Waals surface area contributed by atoms with Crippen molar-refractivity contribution in [2.24, 2.45) is 17.6 Å². The third kappa shape index (κ3) is 4.77. The van der Waals surface area contributed by atoms with Crippen LogP contribution in [-0.4, -0.2) is 31.7 Å². The summed E-state index contributed by atoms with van der Waals surface area (Å²) in [6.45, 7) is 2.37. The average molecular weight is 268 g/mol. The molecular formula is C15H28N2O2. The molecule has 0 aromatic rings. The third-order valence-electron chi connectivity index (χ3n) is 4.53. The van der Waals surface area contributed by atoms with Crippen LogP contribution < -0.4 is 11.1 Å². The van der Waals surface area contributed by atoms with E-state index in [1.165, 1.54) is 19.3 Å². The Bertz CT molecular complexity index is 277. The van der Waals surface area contributed by atoms with Crippen LogP contribution in [0.1, 0.15) is 51.4 Å². The fraction of sp³-hybridized carbons (Fsp3) is 0.933. The fourth-order valence-corrected chi connectivity index (χ4v) is 3.28. The first-order valence-electron chi connectivity index (χ1n) is 7.89. The molecule has 0 aromatic heterocycles. The normalized spacial score (nSPS) is 31.9. The number of carbonyl (C=O) groups is 1. The summed E-state index contributed by atoms with van der Waals surface area (Å²) in [6.07, 6.45) is 9.25. The summed E-state index contributed by atoms with van der Waals surface area (Å²) >= 11 is 0. The first-order valence-corrected chi connectivity index (χ1v) is 7.89. The second-order valence-corrected chi connectivity index (χ2v) is 6.03. The molecule has 1 aliphatic heterocycles. The molecule has 1 aliphatic carbocycles. The van der Waals surface area contributed by atoms with Crippen LogP contribution in [0.4, 0.5) is 0 Å². The van der Waals surface area contributed by atoms with Gasteiger partial charge >= 0.3 is 0 Å². The van der Waals surface area contributed by atoms with Gasteiger partial charge in [-0.1, -0.05) is 6.42 Å². The van der Waals surface area contributed by atoms with Crippen molar-refractivity contribution in [1.82, 2.24) is 5.32 Å². The lowest BCUT2D eigenvalue weighted by Crippen LogP contribution is -2.37. The van der Waals surface area contributed by atoms with E-state index in [1.54, 1.807) is 0 Å². The molecule has 110 valence electrons. The lowest BCUT2D eigenvalue weighted by Gasteiger charge is -2.28. The molecule has 2 fully saturated rings. The maximum absolute atomic E-state index is 12.1. The van der Waals surface area contributed by atoms with Crippen LogP contribution in [0.5, 0.6) is 0 Å². The van der Waals surface area contributed by atoms with Gasteiger partial charge in [-0.05, 0) is 57.4 Å². The van der Waals surface area contributed by atoms with Crippen LogP contribution in [0.2, 0.25) is 0 Å². The zero-order chi connectivity index (χ0) is 13.5. The Hall–Kier alpha value is -0.610. The molecule has 2 rings (SSSR count). The van der Waals surface area contributed by atoms with E-state index < -0.39 is 0 Å². The van der Waals surface area contributed by atoms with Crippen molar-refractivity contribution < 1.29 is 9.53 Å². The highest BCUT2D eigenvalue weighted by Gasteiger charge is 2.26. The van der Waals surface area contributed by atoms with Crippen LogP contribution >= 0.6 is 0 Å². The number of amides is 1. The van der Waals surface area contributed by atoms with Gasteiger partial charge in [-0.25, -0.2) is 0 Å². The highest BCUT2D eigenvalue weighted by atomic mass is 16.5. The van der Waals surface area contributed by atoms with Gasteiger partial charge in [-0.15, -0.1) is 0 Å². The summed E-state index contributed by atoms with van der Waals surface area (Å²) in [5.74, 6) is 0.967. The van der Waals surface area contributed by atoms with Crippen molar-refractivity contribution in [3.8, 4) is 0 Å². The second kappa shape index (κ2) is 7.85. The van der Waals surface area contributed by atoms with Gasteiger partial charge in [0.1, 0.15) is 0 Å². The fourth-order valence-electron chi connectivity index (χ4n) is 3.28. The maximum Gasteiger partial charge on any atom is 0.223 e. The van der Waals surface area contributed by atoms with Crippen LogP contribution in [-0.2, 0) is 9.53 Å². The molecule has 19 heavy (non-hydrogen) atoms. The van der Waals surface area contributed by atoms with Gasteiger partial charge in [0, 0.05) is 19.1 Å². The molecule has 1 heterocycles. The zero-order valence-corrected chi connectivity index (χ0v) is 11.9. The topological polar surface area (TPSA) is 64.4 Å². The Morgan fingerprint density at radius 3 is 2.84 bits per heavy atom. The highest BCUT2D eigenvalue weighted by molar-refractivity contribution is 5.78. The van der Waals surface area contributed by atoms with E-state index in [4.69, 9.17) is 10.5 Å². The number of hydrogen-bond donors (Lipinski definition) is 2. The van der Waals surface area contributed by atoms with Crippen LogP contribution in [0, 0.1) is 11.8 Å². The molecule has 0 spiro atoms. The van der Waals surface area contributed by atoms with Crippen molar-refractivity contribution in [2.75, 3.05) is 19.7 Å². The Labute approximate surface area is 116 Å². The van der Waals surface area contributed by atoms with Gasteiger partial charge in [0.25, 0.3) is 0 Å². The van der Waals surface area contributed by atoms with E-state index >= 15 is 0 Å². The lowest BCUT2D eigenvalue weighted by atomic mass is 9.81. The number of nitrogens with one attached hydrogen (secondary N) is 1.